The molecule has 0 amide bonds. The predicted molar refractivity (Wildman–Crippen MR) is 55.7 cm³/mol. The van der Waals surface area contributed by atoms with Gasteiger partial charge in [-0.1, -0.05) is 0 Å². The summed E-state index contributed by atoms with van der Waals surface area (Å²) >= 11 is 0. The van der Waals surface area contributed by atoms with Crippen molar-refractivity contribution in [2.45, 2.75) is 12.8 Å². The van der Waals surface area contributed by atoms with E-state index in [1.807, 2.05) is 6.07 Å². The molecule has 82 valence electrons. The summed E-state index contributed by atoms with van der Waals surface area (Å²) in [4.78, 5) is 18.5. The van der Waals surface area contributed by atoms with Gasteiger partial charge in [0.1, 0.15) is 6.26 Å². The minimum absolute atomic E-state index is 0.0546. The maximum atomic E-state index is 10.4. The van der Waals surface area contributed by atoms with Crippen molar-refractivity contribution in [3.63, 3.8) is 0 Å². The van der Waals surface area contributed by atoms with E-state index in [4.69, 9.17) is 9.52 Å². The van der Waals surface area contributed by atoms with Crippen LogP contribution in [0.15, 0.2) is 35.2 Å². The van der Waals surface area contributed by atoms with Crippen molar-refractivity contribution in [2.24, 2.45) is 0 Å². The Kier molecular flexibility index (Phi) is 2.95. The van der Waals surface area contributed by atoms with E-state index in [2.05, 4.69) is 9.97 Å². The molecule has 2 aromatic rings. The molecule has 1 N–H and O–H groups in total. The second-order valence-corrected chi connectivity index (χ2v) is 3.28. The van der Waals surface area contributed by atoms with E-state index in [9.17, 15) is 4.79 Å². The fraction of sp³-hybridized carbons (Fsp3) is 0.182. The number of aryl methyl sites for hydroxylation is 1. The number of carboxylic acids is 1. The zero-order chi connectivity index (χ0) is 11.4. The van der Waals surface area contributed by atoms with Crippen LogP contribution in [0.3, 0.4) is 0 Å². The van der Waals surface area contributed by atoms with Crippen molar-refractivity contribution in [3.8, 4) is 11.5 Å². The lowest BCUT2D eigenvalue weighted by atomic mass is 10.2. The molecule has 0 fully saturated rings. The monoisotopic (exact) mass is 218 g/mol. The summed E-state index contributed by atoms with van der Waals surface area (Å²) in [5.41, 5.74) is 1.42. The second kappa shape index (κ2) is 4.57. The number of carbonyl (C=O) groups is 1. The Morgan fingerprint density at radius 3 is 3.06 bits per heavy atom. The van der Waals surface area contributed by atoms with Crippen molar-refractivity contribution >= 4 is 5.97 Å². The molecule has 16 heavy (non-hydrogen) atoms. The highest BCUT2D eigenvalue weighted by Crippen LogP contribution is 2.17. The summed E-state index contributed by atoms with van der Waals surface area (Å²) in [6.07, 6.45) is 5.22. The summed E-state index contributed by atoms with van der Waals surface area (Å²) < 4.78 is 5.24. The zero-order valence-electron chi connectivity index (χ0n) is 8.46. The molecular formula is C11H10N2O3. The number of aliphatic carboxylic acids is 1. The Hall–Kier alpha value is -2.17. The molecule has 0 aromatic carbocycles. The van der Waals surface area contributed by atoms with Crippen LogP contribution in [0.25, 0.3) is 11.5 Å². The van der Waals surface area contributed by atoms with Gasteiger partial charge in [-0.3, -0.25) is 9.78 Å². The molecule has 2 heterocycles. The fourth-order valence-electron chi connectivity index (χ4n) is 1.28. The lowest BCUT2D eigenvalue weighted by molar-refractivity contribution is -0.136. The quantitative estimate of drug-likeness (QED) is 0.846. The number of oxazole rings is 1. The number of pyridine rings is 1. The molecule has 0 radical (unpaired) electrons. The Balaban J connectivity index is 2.11. The maximum Gasteiger partial charge on any atom is 0.303 e. The summed E-state index contributed by atoms with van der Waals surface area (Å²) in [5.74, 6) is -0.376. The number of nitrogens with zero attached hydrogens (tertiary/aromatic N) is 2. The first-order valence-electron chi connectivity index (χ1n) is 4.82. The smallest absolute Gasteiger partial charge is 0.303 e. The van der Waals surface area contributed by atoms with Gasteiger partial charge in [-0.2, -0.15) is 0 Å². The van der Waals surface area contributed by atoms with E-state index in [-0.39, 0.29) is 6.42 Å². The van der Waals surface area contributed by atoms with E-state index in [1.54, 1.807) is 18.5 Å². The van der Waals surface area contributed by atoms with Gasteiger partial charge in [0.05, 0.1) is 17.7 Å². The van der Waals surface area contributed by atoms with Gasteiger partial charge in [0.25, 0.3) is 0 Å². The summed E-state index contributed by atoms with van der Waals surface area (Å²) in [6, 6.07) is 3.62. The average molecular weight is 218 g/mol. The standard InChI is InChI=1S/C11H10N2O3/c14-10(15)4-3-9-7-16-11(13-9)8-2-1-5-12-6-8/h1-2,5-7H,3-4H2,(H,14,15). The molecule has 0 unspecified atom stereocenters. The molecule has 0 saturated heterocycles. The van der Waals surface area contributed by atoms with Crippen LogP contribution in [0, 0.1) is 0 Å². The molecule has 0 bridgehead atoms. The highest BCUT2D eigenvalue weighted by Gasteiger charge is 2.07. The lowest BCUT2D eigenvalue weighted by Crippen LogP contribution is -1.97. The highest BCUT2D eigenvalue weighted by atomic mass is 16.4. The molecule has 2 aromatic heterocycles. The average Bonchev–Trinajstić information content (AvgIpc) is 2.76. The number of rotatable bonds is 4. The van der Waals surface area contributed by atoms with Crippen LogP contribution in [0.1, 0.15) is 12.1 Å². The first-order chi connectivity index (χ1) is 7.75. The van der Waals surface area contributed by atoms with Gasteiger partial charge in [-0.15, -0.1) is 0 Å². The van der Waals surface area contributed by atoms with Crippen molar-refractivity contribution in [1.29, 1.82) is 0 Å². The number of hydrogen-bond acceptors (Lipinski definition) is 4. The number of carboxylic acid groups (broad SMARTS) is 1. The van der Waals surface area contributed by atoms with E-state index in [0.717, 1.165) is 5.56 Å². The first kappa shape index (κ1) is 10.4. The van der Waals surface area contributed by atoms with Crippen molar-refractivity contribution in [2.75, 3.05) is 0 Å². The molecule has 0 aliphatic carbocycles. The Morgan fingerprint density at radius 1 is 1.50 bits per heavy atom. The third-order valence-electron chi connectivity index (χ3n) is 2.06. The van der Waals surface area contributed by atoms with Gasteiger partial charge in [-0.25, -0.2) is 4.98 Å². The molecule has 5 heteroatoms. The van der Waals surface area contributed by atoms with Gasteiger partial charge in [0.15, 0.2) is 0 Å². The third kappa shape index (κ3) is 2.44. The van der Waals surface area contributed by atoms with Gasteiger partial charge in [0.2, 0.25) is 5.89 Å². The van der Waals surface area contributed by atoms with Crippen LogP contribution in [0.2, 0.25) is 0 Å². The van der Waals surface area contributed by atoms with Crippen LogP contribution >= 0.6 is 0 Å². The predicted octanol–water partition coefficient (Wildman–Crippen LogP) is 1.75. The Bertz CT molecular complexity index is 479. The molecule has 0 spiro atoms. The van der Waals surface area contributed by atoms with Crippen molar-refractivity contribution in [1.82, 2.24) is 9.97 Å². The van der Waals surface area contributed by atoms with E-state index in [1.165, 1.54) is 6.26 Å². The second-order valence-electron chi connectivity index (χ2n) is 3.28. The minimum atomic E-state index is -0.842. The van der Waals surface area contributed by atoms with E-state index < -0.39 is 5.97 Å². The van der Waals surface area contributed by atoms with Gasteiger partial charge in [0, 0.05) is 18.8 Å². The van der Waals surface area contributed by atoms with Crippen LogP contribution in [-0.4, -0.2) is 21.0 Å². The van der Waals surface area contributed by atoms with E-state index in [0.29, 0.717) is 18.0 Å². The zero-order valence-corrected chi connectivity index (χ0v) is 8.46. The molecule has 5 nitrogen and oxygen atoms in total. The molecule has 0 aliphatic rings. The Morgan fingerprint density at radius 2 is 2.38 bits per heavy atom. The molecule has 0 atom stereocenters. The lowest BCUT2D eigenvalue weighted by Gasteiger charge is -1.92. The van der Waals surface area contributed by atoms with Crippen molar-refractivity contribution in [3.05, 3.63) is 36.5 Å². The SMILES string of the molecule is O=C(O)CCc1coc(-c2cccnc2)n1. The van der Waals surface area contributed by atoms with Crippen LogP contribution < -0.4 is 0 Å². The van der Waals surface area contributed by atoms with Crippen LogP contribution in [0.4, 0.5) is 0 Å². The molecule has 2 rings (SSSR count). The molecular weight excluding hydrogens is 208 g/mol. The summed E-state index contributed by atoms with van der Waals surface area (Å²) in [5, 5.41) is 8.53. The normalized spacial score (nSPS) is 10.2. The van der Waals surface area contributed by atoms with Crippen LogP contribution in [-0.2, 0) is 11.2 Å². The van der Waals surface area contributed by atoms with Gasteiger partial charge in [-0.05, 0) is 12.1 Å². The number of hydrogen-bond donors (Lipinski definition) is 1. The molecule has 0 aliphatic heterocycles. The third-order valence-corrected chi connectivity index (χ3v) is 2.06. The van der Waals surface area contributed by atoms with Crippen molar-refractivity contribution < 1.29 is 14.3 Å². The topological polar surface area (TPSA) is 76.2 Å². The van der Waals surface area contributed by atoms with Gasteiger partial charge < -0.3 is 9.52 Å². The maximum absolute atomic E-state index is 10.4. The molecule has 0 saturated carbocycles. The van der Waals surface area contributed by atoms with Crippen LogP contribution in [0.5, 0.6) is 0 Å². The van der Waals surface area contributed by atoms with E-state index >= 15 is 0 Å². The van der Waals surface area contributed by atoms with Gasteiger partial charge >= 0.3 is 5.97 Å². The largest absolute Gasteiger partial charge is 0.481 e. The first-order valence-corrected chi connectivity index (χ1v) is 4.82. The minimum Gasteiger partial charge on any atom is -0.481 e. The fourth-order valence-corrected chi connectivity index (χ4v) is 1.28. The summed E-state index contributed by atoms with van der Waals surface area (Å²) in [7, 11) is 0. The Labute approximate surface area is 91.8 Å². The highest BCUT2D eigenvalue weighted by molar-refractivity contribution is 5.67. The number of aromatic nitrogens is 2. The summed E-state index contributed by atoms with van der Waals surface area (Å²) in [6.45, 7) is 0.